The molecule has 0 fully saturated rings. The van der Waals surface area contributed by atoms with E-state index in [1.807, 2.05) is 32.4 Å². The number of H-pyrrole nitrogens is 1. The van der Waals surface area contributed by atoms with Gasteiger partial charge in [0.25, 0.3) is 0 Å². The van der Waals surface area contributed by atoms with Gasteiger partial charge < -0.3 is 26.7 Å². The maximum absolute atomic E-state index is 11.1. The van der Waals surface area contributed by atoms with Crippen LogP contribution in [-0.2, 0) is 32.2 Å². The number of carbonyl (C=O) groups is 1. The Balaban J connectivity index is 0.000000203. The van der Waals surface area contributed by atoms with Gasteiger partial charge in [0.05, 0.1) is 0 Å². The van der Waals surface area contributed by atoms with Crippen LogP contribution in [-0.4, -0.2) is 37.1 Å². The molecule has 0 bridgehead atoms. The number of nitrogens with one attached hydrogen (secondary N) is 2. The first-order valence-electron chi connectivity index (χ1n) is 10.1. The second-order valence-electron chi connectivity index (χ2n) is 7.52. The number of aromatic amines is 1. The van der Waals surface area contributed by atoms with E-state index in [4.69, 9.17) is 18.0 Å². The highest BCUT2D eigenvalue weighted by Gasteiger charge is 2.24. The van der Waals surface area contributed by atoms with Gasteiger partial charge in [0.2, 0.25) is 0 Å². The molecule has 2 amide bonds. The zero-order valence-electron chi connectivity index (χ0n) is 17.7. The summed E-state index contributed by atoms with van der Waals surface area (Å²) in [4.78, 5) is 16.2. The van der Waals surface area contributed by atoms with E-state index in [2.05, 4.69) is 27.0 Å². The average molecular weight is 416 g/mol. The molecule has 2 aromatic rings. The van der Waals surface area contributed by atoms with Gasteiger partial charge in [-0.15, -0.1) is 0 Å². The van der Waals surface area contributed by atoms with E-state index in [1.54, 1.807) is 0 Å². The maximum Gasteiger partial charge on any atom is 0.316 e. The van der Waals surface area contributed by atoms with E-state index < -0.39 is 6.03 Å². The number of nitrogens with zero attached hydrogens (tertiary/aromatic N) is 1. The van der Waals surface area contributed by atoms with Crippen molar-refractivity contribution in [3.8, 4) is 0 Å². The van der Waals surface area contributed by atoms with Crippen LogP contribution in [0.1, 0.15) is 40.7 Å². The summed E-state index contributed by atoms with van der Waals surface area (Å²) >= 11 is 4.92. The summed E-state index contributed by atoms with van der Waals surface area (Å²) in [5.74, 6) is 0. The molecule has 0 atom stereocenters. The highest BCUT2D eigenvalue weighted by molar-refractivity contribution is 7.71. The molecule has 0 aliphatic heterocycles. The van der Waals surface area contributed by atoms with Crippen LogP contribution in [0.5, 0.6) is 0 Å². The average Bonchev–Trinajstić information content (AvgIpc) is 3.34. The van der Waals surface area contributed by atoms with Crippen molar-refractivity contribution < 1.29 is 4.79 Å². The van der Waals surface area contributed by atoms with Crippen molar-refractivity contribution in [2.45, 2.75) is 45.1 Å². The third-order valence-electron chi connectivity index (χ3n) is 5.07. The van der Waals surface area contributed by atoms with Crippen LogP contribution in [0.25, 0.3) is 0 Å². The molecule has 1 aromatic carbocycles. The minimum atomic E-state index is -0.436. The van der Waals surface area contributed by atoms with E-state index in [0.717, 1.165) is 42.6 Å². The van der Waals surface area contributed by atoms with Gasteiger partial charge in [0.1, 0.15) is 4.64 Å². The standard InChI is InChI=1S/C13H16N2O.C8H12N2S.CH5N/c14-13(16)15-12-10-5-1-3-8(10)7-9-4-2-6-11(9)12;1-10(2)6-7-3-4-8(11)9-5-7;1-2/h7H,1-6H2,(H3,14,15,16);3-5H,6H2,1-2H3,(H,9,11);2H2,1H3. The summed E-state index contributed by atoms with van der Waals surface area (Å²) in [7, 11) is 5.59. The molecule has 29 heavy (non-hydrogen) atoms. The molecule has 0 spiro atoms. The Morgan fingerprint density at radius 2 is 1.69 bits per heavy atom. The fraction of sp³-hybridized carbons (Fsp3) is 0.455. The molecule has 4 rings (SSSR count). The quantitative estimate of drug-likeness (QED) is 0.576. The van der Waals surface area contributed by atoms with E-state index in [1.165, 1.54) is 47.7 Å². The van der Waals surface area contributed by atoms with Crippen LogP contribution in [0.3, 0.4) is 0 Å². The molecule has 0 unspecified atom stereocenters. The fourth-order valence-electron chi connectivity index (χ4n) is 4.00. The smallest absolute Gasteiger partial charge is 0.316 e. The molecule has 0 saturated heterocycles. The zero-order valence-corrected chi connectivity index (χ0v) is 18.5. The topological polar surface area (TPSA) is 100 Å². The monoisotopic (exact) mass is 415 g/mol. The third-order valence-corrected chi connectivity index (χ3v) is 5.32. The van der Waals surface area contributed by atoms with Crippen molar-refractivity contribution in [2.75, 3.05) is 26.5 Å². The number of aromatic nitrogens is 1. The molecular weight excluding hydrogens is 382 g/mol. The summed E-state index contributed by atoms with van der Waals surface area (Å²) in [5, 5.41) is 2.84. The molecular formula is C22H33N5OS. The van der Waals surface area contributed by atoms with Crippen molar-refractivity contribution in [3.05, 3.63) is 56.9 Å². The minimum absolute atomic E-state index is 0.436. The SMILES string of the molecule is CN.CN(C)Cc1ccc(=S)[nH]c1.NC(=O)Nc1c2c(cc3c1CCC3)CCC2. The summed E-state index contributed by atoms with van der Waals surface area (Å²) in [6.45, 7) is 0.951. The second-order valence-corrected chi connectivity index (χ2v) is 7.96. The minimum Gasteiger partial charge on any atom is -0.353 e. The van der Waals surface area contributed by atoms with Gasteiger partial charge in [-0.05, 0) is 93.6 Å². The molecule has 0 radical (unpaired) electrons. The lowest BCUT2D eigenvalue weighted by molar-refractivity contribution is 0.259. The van der Waals surface area contributed by atoms with Gasteiger partial charge in [-0.1, -0.05) is 24.4 Å². The number of urea groups is 1. The second kappa shape index (κ2) is 11.1. The Morgan fingerprint density at radius 1 is 1.10 bits per heavy atom. The van der Waals surface area contributed by atoms with E-state index in [-0.39, 0.29) is 0 Å². The zero-order chi connectivity index (χ0) is 21.4. The van der Waals surface area contributed by atoms with Crippen LogP contribution in [0, 0.1) is 4.64 Å². The van der Waals surface area contributed by atoms with Gasteiger partial charge in [-0.3, -0.25) is 0 Å². The Labute approximate surface area is 178 Å². The lowest BCUT2D eigenvalue weighted by Gasteiger charge is -2.14. The molecule has 2 aliphatic rings. The third kappa shape index (κ3) is 6.39. The van der Waals surface area contributed by atoms with Crippen LogP contribution in [0.15, 0.2) is 24.4 Å². The molecule has 6 nitrogen and oxygen atoms in total. The van der Waals surface area contributed by atoms with Crippen LogP contribution >= 0.6 is 12.2 Å². The number of anilines is 1. The predicted octanol–water partition coefficient (Wildman–Crippen LogP) is 3.54. The van der Waals surface area contributed by atoms with Crippen molar-refractivity contribution in [2.24, 2.45) is 11.5 Å². The number of hydrogen-bond donors (Lipinski definition) is 4. The Bertz CT molecular complexity index is 839. The van der Waals surface area contributed by atoms with Crippen molar-refractivity contribution in [3.63, 3.8) is 0 Å². The number of amides is 2. The lowest BCUT2D eigenvalue weighted by atomic mass is 9.99. The number of nitrogens with two attached hydrogens (primary N) is 2. The number of aryl methyl sites for hydroxylation is 2. The summed E-state index contributed by atoms with van der Waals surface area (Å²) < 4.78 is 0.785. The molecule has 1 heterocycles. The van der Waals surface area contributed by atoms with Gasteiger partial charge in [0, 0.05) is 18.4 Å². The maximum atomic E-state index is 11.1. The number of fused-ring (bicyclic) bond motifs is 2. The first-order chi connectivity index (χ1) is 13.9. The normalized spacial score (nSPS) is 13.6. The van der Waals surface area contributed by atoms with Gasteiger partial charge in [-0.2, -0.15) is 0 Å². The summed E-state index contributed by atoms with van der Waals surface area (Å²) in [6, 6.07) is 5.86. The van der Waals surface area contributed by atoms with Gasteiger partial charge in [0.15, 0.2) is 0 Å². The van der Waals surface area contributed by atoms with Crippen molar-refractivity contribution in [1.29, 1.82) is 0 Å². The largest absolute Gasteiger partial charge is 0.353 e. The Hall–Kier alpha value is -2.22. The molecule has 158 valence electrons. The Kier molecular flexibility index (Phi) is 8.82. The highest BCUT2D eigenvalue weighted by Crippen LogP contribution is 2.38. The number of carbonyl (C=O) groups excluding carboxylic acids is 1. The molecule has 2 aliphatic carbocycles. The number of benzene rings is 1. The highest BCUT2D eigenvalue weighted by atomic mass is 32.1. The number of primary amides is 1. The van der Waals surface area contributed by atoms with Crippen molar-refractivity contribution >= 4 is 23.9 Å². The van der Waals surface area contributed by atoms with Crippen LogP contribution < -0.4 is 16.8 Å². The molecule has 1 aromatic heterocycles. The van der Waals surface area contributed by atoms with E-state index in [9.17, 15) is 4.79 Å². The number of pyridine rings is 1. The van der Waals surface area contributed by atoms with Crippen LogP contribution in [0.2, 0.25) is 0 Å². The van der Waals surface area contributed by atoms with E-state index in [0.29, 0.717) is 0 Å². The van der Waals surface area contributed by atoms with E-state index >= 15 is 0 Å². The molecule has 6 N–H and O–H groups in total. The molecule has 0 saturated carbocycles. The van der Waals surface area contributed by atoms with Gasteiger partial charge in [-0.25, -0.2) is 4.79 Å². The first-order valence-corrected chi connectivity index (χ1v) is 10.5. The summed E-state index contributed by atoms with van der Waals surface area (Å²) in [5.41, 5.74) is 17.6. The summed E-state index contributed by atoms with van der Waals surface area (Å²) in [6.07, 6.45) is 8.81. The lowest BCUT2D eigenvalue weighted by Crippen LogP contribution is -2.21. The first kappa shape index (κ1) is 23.1. The fourth-order valence-corrected chi connectivity index (χ4v) is 4.12. The van der Waals surface area contributed by atoms with Crippen molar-refractivity contribution in [1.82, 2.24) is 9.88 Å². The molecule has 7 heteroatoms. The Morgan fingerprint density at radius 3 is 2.14 bits per heavy atom. The number of hydrogen-bond acceptors (Lipinski definition) is 4. The van der Waals surface area contributed by atoms with Crippen LogP contribution in [0.4, 0.5) is 10.5 Å². The number of rotatable bonds is 3. The van der Waals surface area contributed by atoms with Gasteiger partial charge >= 0.3 is 6.03 Å². The predicted molar refractivity (Wildman–Crippen MR) is 123 cm³/mol.